The standard InChI is InChI=1S/C30H32N2O8.ClH/c1-32-8-4-5-17(32)6-7-31-26(33)13-19-18-11-22-23(40-15-39-22)12-20(18)27(28-21(19)14-38-30(28)35)16-9-24(36-2)29(34)25(10-16)37-3;/h4-5,8-12,19,21,27-28,34H,6-7,13-15H2,1-3H3,(H,31,33);1H/t19-,21?,27-,28+;/m1./s1. The minimum absolute atomic E-state index is 0. The average molecular weight is 585 g/mol. The highest BCUT2D eigenvalue weighted by molar-refractivity contribution is 5.85. The highest BCUT2D eigenvalue weighted by atomic mass is 35.5. The second-order valence-electron chi connectivity index (χ2n) is 10.4. The topological polar surface area (TPSA) is 117 Å². The Morgan fingerprint density at radius 3 is 2.39 bits per heavy atom. The Morgan fingerprint density at radius 2 is 1.76 bits per heavy atom. The van der Waals surface area contributed by atoms with Crippen molar-refractivity contribution in [2.45, 2.75) is 24.7 Å². The maximum absolute atomic E-state index is 13.3. The summed E-state index contributed by atoms with van der Waals surface area (Å²) < 4.78 is 29.9. The number of cyclic esters (lactones) is 1. The summed E-state index contributed by atoms with van der Waals surface area (Å²) in [6.45, 7) is 0.821. The van der Waals surface area contributed by atoms with Crippen LogP contribution in [0.5, 0.6) is 28.7 Å². The van der Waals surface area contributed by atoms with Crippen molar-refractivity contribution in [3.63, 3.8) is 0 Å². The van der Waals surface area contributed by atoms with E-state index in [0.717, 1.165) is 28.8 Å². The molecule has 10 nitrogen and oxygen atoms in total. The lowest BCUT2D eigenvalue weighted by Crippen LogP contribution is -2.37. The van der Waals surface area contributed by atoms with E-state index in [0.29, 0.717) is 18.0 Å². The second-order valence-corrected chi connectivity index (χ2v) is 10.4. The van der Waals surface area contributed by atoms with Gasteiger partial charge in [-0.3, -0.25) is 9.59 Å². The number of aromatic hydroxyl groups is 1. The number of halogens is 1. The predicted octanol–water partition coefficient (Wildman–Crippen LogP) is 3.67. The molecule has 218 valence electrons. The number of phenolic OH excluding ortho intramolecular Hbond substituents is 1. The van der Waals surface area contributed by atoms with E-state index in [1.54, 1.807) is 12.1 Å². The third-order valence-electron chi connectivity index (χ3n) is 8.36. The lowest BCUT2D eigenvalue weighted by atomic mass is 9.62. The Bertz CT molecular complexity index is 1450. The highest BCUT2D eigenvalue weighted by Crippen LogP contribution is 2.56. The number of hydrogen-bond donors (Lipinski definition) is 2. The number of ether oxygens (including phenoxy) is 5. The summed E-state index contributed by atoms with van der Waals surface area (Å²) in [6.07, 6.45) is 2.90. The van der Waals surface area contributed by atoms with Gasteiger partial charge in [-0.05, 0) is 59.0 Å². The molecule has 1 unspecified atom stereocenters. The van der Waals surface area contributed by atoms with Crippen LogP contribution in [0.25, 0.3) is 0 Å². The van der Waals surface area contributed by atoms with Crippen molar-refractivity contribution in [1.29, 1.82) is 0 Å². The molecule has 1 aliphatic carbocycles. The minimum atomic E-state index is -0.548. The molecule has 0 radical (unpaired) electrons. The minimum Gasteiger partial charge on any atom is -0.502 e. The van der Waals surface area contributed by atoms with Gasteiger partial charge in [0.1, 0.15) is 0 Å². The first-order chi connectivity index (χ1) is 19.4. The number of amides is 1. The van der Waals surface area contributed by atoms with Crippen LogP contribution in [0, 0.1) is 11.8 Å². The number of aryl methyl sites for hydroxylation is 1. The summed E-state index contributed by atoms with van der Waals surface area (Å²) >= 11 is 0. The van der Waals surface area contributed by atoms with Crippen LogP contribution in [-0.4, -0.2) is 55.7 Å². The van der Waals surface area contributed by atoms with Crippen molar-refractivity contribution in [3.05, 3.63) is 65.0 Å². The van der Waals surface area contributed by atoms with Gasteiger partial charge in [0.2, 0.25) is 18.4 Å². The zero-order valence-corrected chi connectivity index (χ0v) is 23.9. The third-order valence-corrected chi connectivity index (χ3v) is 8.36. The highest BCUT2D eigenvalue weighted by Gasteiger charge is 2.52. The summed E-state index contributed by atoms with van der Waals surface area (Å²) in [5, 5.41) is 13.6. The number of benzene rings is 2. The van der Waals surface area contributed by atoms with Gasteiger partial charge in [-0.2, -0.15) is 0 Å². The van der Waals surface area contributed by atoms with Crippen LogP contribution in [0.1, 0.15) is 40.6 Å². The largest absolute Gasteiger partial charge is 0.502 e. The Kier molecular flexibility index (Phi) is 7.95. The summed E-state index contributed by atoms with van der Waals surface area (Å²) in [7, 11) is 4.90. The number of carbonyl (C=O) groups excluding carboxylic acids is 2. The molecule has 3 aliphatic rings. The molecule has 0 saturated carbocycles. The summed E-state index contributed by atoms with van der Waals surface area (Å²) in [5.41, 5.74) is 3.62. The van der Waals surface area contributed by atoms with Gasteiger partial charge >= 0.3 is 5.97 Å². The first-order valence-corrected chi connectivity index (χ1v) is 13.3. The van der Waals surface area contributed by atoms with E-state index in [-0.39, 0.29) is 73.2 Å². The van der Waals surface area contributed by atoms with Gasteiger partial charge in [-0.15, -0.1) is 12.4 Å². The smallest absolute Gasteiger partial charge is 0.310 e. The quantitative estimate of drug-likeness (QED) is 0.385. The lowest BCUT2D eigenvalue weighted by Gasteiger charge is -2.39. The number of phenols is 1. The van der Waals surface area contributed by atoms with Crippen LogP contribution in [0.4, 0.5) is 0 Å². The van der Waals surface area contributed by atoms with E-state index in [1.165, 1.54) is 14.2 Å². The fourth-order valence-corrected chi connectivity index (χ4v) is 6.39. The SMILES string of the molecule is COc1cc([C@@H]2c3cc4c(cc3[C@@H](CC(=O)NCCc3cccn3C)C3COC(=O)[C@@H]32)OCO4)cc(OC)c1O.Cl. The number of carbonyl (C=O) groups is 2. The number of methoxy groups -OCH3 is 2. The van der Waals surface area contributed by atoms with Crippen LogP contribution >= 0.6 is 12.4 Å². The number of rotatable bonds is 8. The molecule has 2 aliphatic heterocycles. The van der Waals surface area contributed by atoms with Crippen LogP contribution in [-0.2, 0) is 27.8 Å². The van der Waals surface area contributed by atoms with Crippen molar-refractivity contribution in [2.75, 3.05) is 34.2 Å². The predicted molar refractivity (Wildman–Crippen MR) is 150 cm³/mol. The molecule has 11 heteroatoms. The number of aromatic nitrogens is 1. The van der Waals surface area contributed by atoms with Gasteiger partial charge in [0.05, 0.1) is 26.7 Å². The molecule has 1 saturated heterocycles. The fourth-order valence-electron chi connectivity index (χ4n) is 6.39. The summed E-state index contributed by atoms with van der Waals surface area (Å²) in [5.74, 6) is -0.371. The molecule has 1 aromatic heterocycles. The zero-order chi connectivity index (χ0) is 28.0. The Hall–Kier alpha value is -4.05. The van der Waals surface area contributed by atoms with Gasteiger partial charge in [0.15, 0.2) is 23.0 Å². The Morgan fingerprint density at radius 1 is 1.07 bits per heavy atom. The van der Waals surface area contributed by atoms with Crippen LogP contribution < -0.4 is 24.3 Å². The van der Waals surface area contributed by atoms with Gasteiger partial charge < -0.3 is 38.7 Å². The third kappa shape index (κ3) is 5.01. The van der Waals surface area contributed by atoms with Gasteiger partial charge in [-0.1, -0.05) is 0 Å². The van der Waals surface area contributed by atoms with E-state index in [2.05, 4.69) is 5.32 Å². The molecule has 3 aromatic rings. The maximum atomic E-state index is 13.3. The maximum Gasteiger partial charge on any atom is 0.310 e. The van der Waals surface area contributed by atoms with Crippen molar-refractivity contribution < 1.29 is 38.4 Å². The molecule has 4 atom stereocenters. The van der Waals surface area contributed by atoms with Gasteiger partial charge in [0, 0.05) is 50.2 Å². The number of nitrogens with one attached hydrogen (secondary N) is 1. The molecule has 0 spiro atoms. The van der Waals surface area contributed by atoms with Crippen LogP contribution in [0.15, 0.2) is 42.6 Å². The number of hydrogen-bond acceptors (Lipinski definition) is 8. The Balaban J connectivity index is 0.00000337. The summed E-state index contributed by atoms with van der Waals surface area (Å²) in [4.78, 5) is 26.5. The molecule has 1 amide bonds. The first kappa shape index (κ1) is 28.5. The number of nitrogens with zero attached hydrogens (tertiary/aromatic N) is 1. The Labute approximate surface area is 243 Å². The van der Waals surface area contributed by atoms with E-state index >= 15 is 0 Å². The monoisotopic (exact) mass is 584 g/mol. The fraction of sp³-hybridized carbons (Fsp3) is 0.400. The molecular weight excluding hydrogens is 552 g/mol. The molecule has 2 aromatic carbocycles. The van der Waals surface area contributed by atoms with Crippen molar-refractivity contribution in [3.8, 4) is 28.7 Å². The molecule has 6 rings (SSSR count). The molecule has 0 bridgehead atoms. The lowest BCUT2D eigenvalue weighted by molar-refractivity contribution is -0.141. The molecule has 3 heterocycles. The molecular formula is C30H33ClN2O8. The summed E-state index contributed by atoms with van der Waals surface area (Å²) in [6, 6.07) is 11.3. The van der Waals surface area contributed by atoms with E-state index < -0.39 is 11.8 Å². The zero-order valence-electron chi connectivity index (χ0n) is 23.0. The van der Waals surface area contributed by atoms with Crippen molar-refractivity contribution >= 4 is 24.3 Å². The van der Waals surface area contributed by atoms with E-state index in [9.17, 15) is 14.7 Å². The average Bonchev–Trinajstić information content (AvgIpc) is 3.68. The van der Waals surface area contributed by atoms with Gasteiger partial charge in [-0.25, -0.2) is 0 Å². The molecule has 1 fully saturated rings. The molecule has 2 N–H and O–H groups in total. The molecule has 41 heavy (non-hydrogen) atoms. The van der Waals surface area contributed by atoms with E-state index in [1.807, 2.05) is 42.1 Å². The van der Waals surface area contributed by atoms with Crippen molar-refractivity contribution in [2.24, 2.45) is 18.9 Å². The van der Waals surface area contributed by atoms with E-state index in [4.69, 9.17) is 23.7 Å². The van der Waals surface area contributed by atoms with Crippen LogP contribution in [0.2, 0.25) is 0 Å². The number of fused-ring (bicyclic) bond motifs is 3. The second kappa shape index (κ2) is 11.4. The number of esters is 1. The van der Waals surface area contributed by atoms with Crippen LogP contribution in [0.3, 0.4) is 0 Å². The van der Waals surface area contributed by atoms with Crippen molar-refractivity contribution in [1.82, 2.24) is 9.88 Å². The van der Waals surface area contributed by atoms with Gasteiger partial charge in [0.25, 0.3) is 0 Å². The normalized spacial score (nSPS) is 21.8. The first-order valence-electron chi connectivity index (χ1n) is 13.3.